The van der Waals surface area contributed by atoms with Crippen molar-refractivity contribution in [2.24, 2.45) is 5.92 Å². The molecule has 1 aromatic carbocycles. The summed E-state index contributed by atoms with van der Waals surface area (Å²) in [7, 11) is 0. The molecule has 0 bridgehead atoms. The van der Waals surface area contributed by atoms with Gasteiger partial charge in [0.1, 0.15) is 11.6 Å². The molecule has 1 saturated carbocycles. The fourth-order valence-corrected chi connectivity index (χ4v) is 2.89. The Morgan fingerprint density at radius 2 is 2.00 bits per heavy atom. The van der Waals surface area contributed by atoms with Crippen molar-refractivity contribution >= 4 is 5.91 Å². The first-order valence-electron chi connectivity index (χ1n) is 7.36. The Hall–Kier alpha value is -1.49. The van der Waals surface area contributed by atoms with Crippen LogP contribution in [0.3, 0.4) is 0 Å². The molecule has 3 nitrogen and oxygen atoms in total. The van der Waals surface area contributed by atoms with Crippen LogP contribution in [0.25, 0.3) is 0 Å². The van der Waals surface area contributed by atoms with Gasteiger partial charge in [-0.05, 0) is 43.9 Å². The van der Waals surface area contributed by atoms with Crippen molar-refractivity contribution in [3.8, 4) is 0 Å². The summed E-state index contributed by atoms with van der Waals surface area (Å²) in [4.78, 5) is 11.9. The largest absolute Gasteiger partial charge is 0.388 e. The van der Waals surface area contributed by atoms with Crippen LogP contribution in [0, 0.1) is 17.6 Å². The average molecular weight is 297 g/mol. The van der Waals surface area contributed by atoms with Crippen molar-refractivity contribution in [3.63, 3.8) is 0 Å². The van der Waals surface area contributed by atoms with Gasteiger partial charge in [-0.15, -0.1) is 0 Å². The number of hydrogen-bond donors (Lipinski definition) is 2. The first-order valence-corrected chi connectivity index (χ1v) is 7.36. The highest BCUT2D eigenvalue weighted by Crippen LogP contribution is 2.32. The minimum atomic E-state index is -1.03. The Morgan fingerprint density at radius 1 is 1.33 bits per heavy atom. The van der Waals surface area contributed by atoms with Crippen molar-refractivity contribution in [3.05, 3.63) is 35.4 Å². The third kappa shape index (κ3) is 4.00. The summed E-state index contributed by atoms with van der Waals surface area (Å²) >= 11 is 0. The fourth-order valence-electron chi connectivity index (χ4n) is 2.89. The lowest BCUT2D eigenvalue weighted by molar-refractivity contribution is -0.0143. The van der Waals surface area contributed by atoms with E-state index in [0.29, 0.717) is 0 Å². The molecule has 5 heteroatoms. The third-order valence-corrected chi connectivity index (χ3v) is 4.26. The second-order valence-corrected chi connectivity index (χ2v) is 6.00. The van der Waals surface area contributed by atoms with E-state index in [-0.39, 0.29) is 18.0 Å². The van der Waals surface area contributed by atoms with Crippen molar-refractivity contribution < 1.29 is 18.7 Å². The zero-order valence-electron chi connectivity index (χ0n) is 12.2. The lowest BCUT2D eigenvalue weighted by atomic mass is 9.78. The number of carbonyl (C=O) groups is 1. The molecular formula is C16H21F2NO2. The second kappa shape index (κ2) is 6.52. The van der Waals surface area contributed by atoms with Gasteiger partial charge >= 0.3 is 0 Å². The van der Waals surface area contributed by atoms with E-state index >= 15 is 0 Å². The minimum absolute atomic E-state index is 0.0342. The monoisotopic (exact) mass is 297 g/mol. The predicted octanol–water partition coefficient (Wildman–Crippen LogP) is 3.03. The number of halogens is 2. The van der Waals surface area contributed by atoms with Crippen LogP contribution in [-0.2, 0) is 0 Å². The molecule has 0 aromatic heterocycles. The zero-order chi connectivity index (χ0) is 15.5. The summed E-state index contributed by atoms with van der Waals surface area (Å²) < 4.78 is 26.6. The number of carbonyl (C=O) groups excluding carboxylic acids is 1. The van der Waals surface area contributed by atoms with Gasteiger partial charge in [-0.2, -0.15) is 0 Å². The molecule has 116 valence electrons. The van der Waals surface area contributed by atoms with Gasteiger partial charge in [0, 0.05) is 6.54 Å². The molecule has 0 spiro atoms. The van der Waals surface area contributed by atoms with Gasteiger partial charge in [0.05, 0.1) is 11.2 Å². The SMILES string of the molecule is C[C@@](O)(CNC(=O)c1cc(F)ccc1F)C1CCCCC1. The van der Waals surface area contributed by atoms with E-state index in [2.05, 4.69) is 5.32 Å². The van der Waals surface area contributed by atoms with Gasteiger partial charge in [0.15, 0.2) is 0 Å². The van der Waals surface area contributed by atoms with Crippen molar-refractivity contribution in [1.29, 1.82) is 0 Å². The summed E-state index contributed by atoms with van der Waals surface area (Å²) in [5.74, 6) is -2.02. The molecule has 0 heterocycles. The van der Waals surface area contributed by atoms with Gasteiger partial charge < -0.3 is 10.4 Å². The van der Waals surface area contributed by atoms with E-state index in [1.54, 1.807) is 6.92 Å². The van der Waals surface area contributed by atoms with E-state index in [1.165, 1.54) is 6.42 Å². The highest BCUT2D eigenvalue weighted by atomic mass is 19.1. The Kier molecular flexibility index (Phi) is 4.93. The maximum atomic E-state index is 13.5. The zero-order valence-corrected chi connectivity index (χ0v) is 12.2. The number of amides is 1. The molecule has 1 amide bonds. The van der Waals surface area contributed by atoms with Crippen LogP contribution in [0.2, 0.25) is 0 Å². The number of nitrogens with one attached hydrogen (secondary N) is 1. The smallest absolute Gasteiger partial charge is 0.254 e. The van der Waals surface area contributed by atoms with E-state index in [0.717, 1.165) is 43.9 Å². The quantitative estimate of drug-likeness (QED) is 0.897. The van der Waals surface area contributed by atoms with Gasteiger partial charge in [-0.25, -0.2) is 8.78 Å². The number of benzene rings is 1. The lowest BCUT2D eigenvalue weighted by Gasteiger charge is -2.35. The van der Waals surface area contributed by atoms with E-state index in [9.17, 15) is 18.7 Å². The number of hydrogen-bond acceptors (Lipinski definition) is 2. The maximum absolute atomic E-state index is 13.5. The molecule has 2 rings (SSSR count). The van der Waals surface area contributed by atoms with Gasteiger partial charge in [0.2, 0.25) is 0 Å². The second-order valence-electron chi connectivity index (χ2n) is 6.00. The standard InChI is InChI=1S/C16H21F2NO2/c1-16(21,11-5-3-2-4-6-11)10-19-15(20)13-9-12(17)7-8-14(13)18/h7-9,11,21H,2-6,10H2,1H3,(H,19,20)/t16-/m1/s1. The summed E-state index contributed by atoms with van der Waals surface area (Å²) in [6, 6.07) is 2.74. The van der Waals surface area contributed by atoms with E-state index < -0.39 is 23.1 Å². The molecule has 0 saturated heterocycles. The van der Waals surface area contributed by atoms with Crippen LogP contribution in [0.5, 0.6) is 0 Å². The van der Waals surface area contributed by atoms with Crippen LogP contribution < -0.4 is 5.32 Å². The Bertz CT molecular complexity index is 511. The minimum Gasteiger partial charge on any atom is -0.388 e. The van der Waals surface area contributed by atoms with E-state index in [4.69, 9.17) is 0 Å². The van der Waals surface area contributed by atoms with Gasteiger partial charge in [0.25, 0.3) is 5.91 Å². The summed E-state index contributed by atoms with van der Waals surface area (Å²) in [5, 5.41) is 13.0. The summed E-state index contributed by atoms with van der Waals surface area (Å²) in [5.41, 5.74) is -1.37. The van der Waals surface area contributed by atoms with E-state index in [1.807, 2.05) is 0 Å². The van der Waals surface area contributed by atoms with Gasteiger partial charge in [-0.1, -0.05) is 19.3 Å². The van der Waals surface area contributed by atoms with Crippen molar-refractivity contribution in [2.45, 2.75) is 44.6 Å². The fraction of sp³-hybridized carbons (Fsp3) is 0.562. The average Bonchev–Trinajstić information content (AvgIpc) is 2.48. The molecule has 0 radical (unpaired) electrons. The molecule has 0 aliphatic heterocycles. The van der Waals surface area contributed by atoms with Crippen molar-refractivity contribution in [2.75, 3.05) is 6.54 Å². The third-order valence-electron chi connectivity index (χ3n) is 4.26. The highest BCUT2D eigenvalue weighted by Gasteiger charge is 2.33. The van der Waals surface area contributed by atoms with Crippen molar-refractivity contribution in [1.82, 2.24) is 5.32 Å². The molecule has 1 atom stereocenters. The summed E-state index contributed by atoms with van der Waals surface area (Å²) in [6.45, 7) is 1.72. The maximum Gasteiger partial charge on any atom is 0.254 e. The van der Waals surface area contributed by atoms with Crippen LogP contribution >= 0.6 is 0 Å². The molecule has 2 N–H and O–H groups in total. The Morgan fingerprint density at radius 3 is 2.67 bits per heavy atom. The van der Waals surface area contributed by atoms with Crippen LogP contribution in [0.4, 0.5) is 8.78 Å². The van der Waals surface area contributed by atoms with Crippen LogP contribution in [0.1, 0.15) is 49.4 Å². The molecule has 1 aliphatic carbocycles. The summed E-state index contributed by atoms with van der Waals surface area (Å²) in [6.07, 6.45) is 5.18. The normalized spacial score (nSPS) is 19.0. The Labute approximate surface area is 123 Å². The lowest BCUT2D eigenvalue weighted by Crippen LogP contribution is -2.46. The topological polar surface area (TPSA) is 49.3 Å². The van der Waals surface area contributed by atoms with Gasteiger partial charge in [-0.3, -0.25) is 4.79 Å². The molecule has 1 aromatic rings. The van der Waals surface area contributed by atoms with Crippen LogP contribution in [0.15, 0.2) is 18.2 Å². The molecule has 0 unspecified atom stereocenters. The molecule has 1 aliphatic rings. The Balaban J connectivity index is 1.98. The molecule has 21 heavy (non-hydrogen) atoms. The number of aliphatic hydroxyl groups is 1. The van der Waals surface area contributed by atoms with Crippen LogP contribution in [-0.4, -0.2) is 23.2 Å². The number of rotatable bonds is 4. The molecular weight excluding hydrogens is 276 g/mol. The first-order chi connectivity index (χ1) is 9.90. The highest BCUT2D eigenvalue weighted by molar-refractivity contribution is 5.94. The predicted molar refractivity (Wildman–Crippen MR) is 75.9 cm³/mol. The molecule has 1 fully saturated rings. The first kappa shape index (κ1) is 15.9.